The van der Waals surface area contributed by atoms with Crippen molar-refractivity contribution in [2.45, 2.75) is 26.3 Å². The predicted octanol–water partition coefficient (Wildman–Crippen LogP) is 3.77. The van der Waals surface area contributed by atoms with Gasteiger partial charge in [0.25, 0.3) is 11.7 Å². The molecule has 0 aliphatic carbocycles. The molecule has 1 unspecified atom stereocenters. The highest BCUT2D eigenvalue weighted by Gasteiger charge is 2.46. The summed E-state index contributed by atoms with van der Waals surface area (Å²) in [7, 11) is 3.10. The zero-order chi connectivity index (χ0) is 21.8. The van der Waals surface area contributed by atoms with E-state index in [1.165, 1.54) is 12.0 Å². The largest absolute Gasteiger partial charge is 0.507 e. The maximum Gasteiger partial charge on any atom is 0.295 e. The van der Waals surface area contributed by atoms with Gasteiger partial charge in [0.2, 0.25) is 0 Å². The highest BCUT2D eigenvalue weighted by Crippen LogP contribution is 2.41. The number of amides is 1. The standard InChI is InChI=1S/C24H27NO5/c1-15-7-5-8-17(13-15)21-20(23(27)24(28)25(21)11-6-12-29-3)22(26)18-14-16(2)9-10-19(18)30-4/h5,7-10,13-14,21,26H,6,11-12H2,1-4H3/b22-20+. The molecule has 0 aromatic heterocycles. The summed E-state index contributed by atoms with van der Waals surface area (Å²) in [4.78, 5) is 27.4. The van der Waals surface area contributed by atoms with Crippen molar-refractivity contribution in [1.82, 2.24) is 4.90 Å². The average Bonchev–Trinajstić information content (AvgIpc) is 2.98. The number of methoxy groups -OCH3 is 2. The Labute approximate surface area is 176 Å². The van der Waals surface area contributed by atoms with Crippen LogP contribution in [0.4, 0.5) is 0 Å². The average molecular weight is 409 g/mol. The van der Waals surface area contributed by atoms with E-state index in [0.29, 0.717) is 30.9 Å². The van der Waals surface area contributed by atoms with Gasteiger partial charge in [0, 0.05) is 20.3 Å². The number of aryl methyl sites for hydroxylation is 2. The number of aliphatic hydroxyl groups excluding tert-OH is 1. The molecule has 1 atom stereocenters. The number of rotatable bonds is 7. The van der Waals surface area contributed by atoms with Crippen LogP contribution in [0.15, 0.2) is 48.0 Å². The zero-order valence-corrected chi connectivity index (χ0v) is 17.8. The number of aliphatic hydroxyl groups is 1. The van der Waals surface area contributed by atoms with Crippen molar-refractivity contribution in [3.05, 3.63) is 70.3 Å². The van der Waals surface area contributed by atoms with Gasteiger partial charge in [0.15, 0.2) is 0 Å². The highest BCUT2D eigenvalue weighted by atomic mass is 16.5. The topological polar surface area (TPSA) is 76.1 Å². The SMILES string of the molecule is COCCCN1C(=O)C(=O)/C(=C(/O)c2cc(C)ccc2OC)C1c1cccc(C)c1. The Bertz CT molecular complexity index is 995. The molecule has 0 radical (unpaired) electrons. The Morgan fingerprint density at radius 3 is 2.47 bits per heavy atom. The van der Waals surface area contributed by atoms with Gasteiger partial charge in [-0.05, 0) is 38.0 Å². The molecule has 30 heavy (non-hydrogen) atoms. The number of carbonyl (C=O) groups excluding carboxylic acids is 2. The Morgan fingerprint density at radius 1 is 1.07 bits per heavy atom. The summed E-state index contributed by atoms with van der Waals surface area (Å²) in [5.41, 5.74) is 3.15. The van der Waals surface area contributed by atoms with Gasteiger partial charge >= 0.3 is 0 Å². The van der Waals surface area contributed by atoms with Crippen molar-refractivity contribution < 1.29 is 24.2 Å². The minimum absolute atomic E-state index is 0.0758. The number of nitrogens with zero attached hydrogens (tertiary/aromatic N) is 1. The van der Waals surface area contributed by atoms with Crippen LogP contribution in [0.25, 0.3) is 5.76 Å². The molecular formula is C24H27NO5. The van der Waals surface area contributed by atoms with Crippen LogP contribution in [0.5, 0.6) is 5.75 Å². The van der Waals surface area contributed by atoms with Crippen LogP contribution in [0, 0.1) is 13.8 Å². The molecule has 1 aliphatic heterocycles. The van der Waals surface area contributed by atoms with E-state index in [-0.39, 0.29) is 11.3 Å². The van der Waals surface area contributed by atoms with Crippen LogP contribution in [0.2, 0.25) is 0 Å². The molecule has 6 nitrogen and oxygen atoms in total. The normalized spacial score (nSPS) is 18.1. The van der Waals surface area contributed by atoms with Gasteiger partial charge < -0.3 is 19.5 Å². The molecule has 0 bridgehead atoms. The van der Waals surface area contributed by atoms with Gasteiger partial charge in [-0.25, -0.2) is 0 Å². The first-order valence-electron chi connectivity index (χ1n) is 9.88. The summed E-state index contributed by atoms with van der Waals surface area (Å²) in [6, 6.07) is 12.3. The van der Waals surface area contributed by atoms with E-state index >= 15 is 0 Å². The van der Waals surface area contributed by atoms with Crippen LogP contribution in [-0.2, 0) is 14.3 Å². The fourth-order valence-electron chi connectivity index (χ4n) is 3.83. The van der Waals surface area contributed by atoms with Crippen molar-refractivity contribution >= 4 is 17.4 Å². The second-order valence-corrected chi connectivity index (χ2v) is 7.46. The molecule has 1 aliphatic rings. The predicted molar refractivity (Wildman–Crippen MR) is 114 cm³/mol. The summed E-state index contributed by atoms with van der Waals surface area (Å²) in [5, 5.41) is 11.2. The fourth-order valence-corrected chi connectivity index (χ4v) is 3.83. The molecular weight excluding hydrogens is 382 g/mol. The monoisotopic (exact) mass is 409 g/mol. The van der Waals surface area contributed by atoms with Crippen LogP contribution >= 0.6 is 0 Å². The molecule has 1 saturated heterocycles. The van der Waals surface area contributed by atoms with Gasteiger partial charge in [0.05, 0.1) is 24.3 Å². The molecule has 2 aromatic rings. The zero-order valence-electron chi connectivity index (χ0n) is 17.8. The number of likely N-dealkylation sites (tertiary alicyclic amines) is 1. The van der Waals surface area contributed by atoms with Crippen molar-refractivity contribution in [2.24, 2.45) is 0 Å². The number of ether oxygens (including phenoxy) is 2. The molecule has 1 fully saturated rings. The number of benzene rings is 2. The molecule has 1 amide bonds. The van der Waals surface area contributed by atoms with Crippen molar-refractivity contribution in [2.75, 3.05) is 27.4 Å². The lowest BCUT2D eigenvalue weighted by molar-refractivity contribution is -0.140. The summed E-state index contributed by atoms with van der Waals surface area (Å²) in [6.07, 6.45) is 0.583. The van der Waals surface area contributed by atoms with E-state index in [4.69, 9.17) is 9.47 Å². The minimum atomic E-state index is -0.694. The number of hydrogen-bond donors (Lipinski definition) is 1. The number of hydrogen-bond acceptors (Lipinski definition) is 5. The van der Waals surface area contributed by atoms with Crippen LogP contribution < -0.4 is 4.74 Å². The summed E-state index contributed by atoms with van der Waals surface area (Å²) in [5.74, 6) is -1.10. The second-order valence-electron chi connectivity index (χ2n) is 7.46. The number of carbonyl (C=O) groups is 2. The van der Waals surface area contributed by atoms with E-state index in [9.17, 15) is 14.7 Å². The molecule has 1 N–H and O–H groups in total. The first-order valence-corrected chi connectivity index (χ1v) is 9.88. The van der Waals surface area contributed by atoms with E-state index in [2.05, 4.69) is 0 Å². The lowest BCUT2D eigenvalue weighted by Gasteiger charge is -2.25. The van der Waals surface area contributed by atoms with Crippen molar-refractivity contribution in [3.8, 4) is 5.75 Å². The van der Waals surface area contributed by atoms with Gasteiger partial charge in [-0.2, -0.15) is 0 Å². The molecule has 0 saturated carbocycles. The molecule has 3 rings (SSSR count). The second kappa shape index (κ2) is 9.13. The third-order valence-corrected chi connectivity index (χ3v) is 5.26. The van der Waals surface area contributed by atoms with E-state index in [0.717, 1.165) is 16.7 Å². The van der Waals surface area contributed by atoms with Gasteiger partial charge in [0.1, 0.15) is 11.5 Å². The minimum Gasteiger partial charge on any atom is -0.507 e. The highest BCUT2D eigenvalue weighted by molar-refractivity contribution is 6.46. The first kappa shape index (κ1) is 21.6. The van der Waals surface area contributed by atoms with Crippen LogP contribution in [-0.4, -0.2) is 49.1 Å². The van der Waals surface area contributed by atoms with E-state index in [1.807, 2.05) is 44.2 Å². The summed E-state index contributed by atoms with van der Waals surface area (Å²) < 4.78 is 10.5. The quantitative estimate of drug-likeness (QED) is 0.326. The molecule has 158 valence electrons. The van der Waals surface area contributed by atoms with Crippen molar-refractivity contribution in [1.29, 1.82) is 0 Å². The van der Waals surface area contributed by atoms with Gasteiger partial charge in [-0.1, -0.05) is 41.5 Å². The Kier molecular flexibility index (Phi) is 6.57. The Hall–Kier alpha value is -3.12. The van der Waals surface area contributed by atoms with Crippen molar-refractivity contribution in [3.63, 3.8) is 0 Å². The van der Waals surface area contributed by atoms with Gasteiger partial charge in [-0.3, -0.25) is 9.59 Å². The molecule has 0 spiro atoms. The number of Topliss-reactive ketones (excluding diaryl/α,β-unsaturated/α-hetero) is 1. The lowest BCUT2D eigenvalue weighted by atomic mass is 9.93. The molecule has 2 aromatic carbocycles. The van der Waals surface area contributed by atoms with Crippen LogP contribution in [0.3, 0.4) is 0 Å². The smallest absolute Gasteiger partial charge is 0.295 e. The summed E-state index contributed by atoms with van der Waals surface area (Å²) >= 11 is 0. The Morgan fingerprint density at radius 2 is 1.80 bits per heavy atom. The third-order valence-electron chi connectivity index (χ3n) is 5.26. The molecule has 6 heteroatoms. The van der Waals surface area contributed by atoms with E-state index in [1.54, 1.807) is 19.2 Å². The van der Waals surface area contributed by atoms with Crippen LogP contribution in [0.1, 0.15) is 34.7 Å². The summed E-state index contributed by atoms with van der Waals surface area (Å²) in [6.45, 7) is 4.65. The Balaban J connectivity index is 2.19. The number of ketones is 1. The fraction of sp³-hybridized carbons (Fsp3) is 0.333. The maximum absolute atomic E-state index is 13.0. The lowest BCUT2D eigenvalue weighted by Crippen LogP contribution is -2.31. The van der Waals surface area contributed by atoms with E-state index < -0.39 is 17.7 Å². The van der Waals surface area contributed by atoms with Gasteiger partial charge in [-0.15, -0.1) is 0 Å². The first-order chi connectivity index (χ1) is 14.4. The molecule has 1 heterocycles. The maximum atomic E-state index is 13.0. The third kappa shape index (κ3) is 4.09.